The van der Waals surface area contributed by atoms with E-state index in [0.717, 1.165) is 17.9 Å². The topological polar surface area (TPSA) is 41.3 Å². The third-order valence-electron chi connectivity index (χ3n) is 3.56. The summed E-state index contributed by atoms with van der Waals surface area (Å²) in [6.45, 7) is 5.74. The Bertz CT molecular complexity index is 345. The molecule has 1 atom stereocenters. The predicted molar refractivity (Wildman–Crippen MR) is 74.2 cm³/mol. The number of para-hydroxylation sites is 2. The molecule has 3 heteroatoms. The van der Waals surface area contributed by atoms with Crippen LogP contribution in [0.3, 0.4) is 0 Å². The molecule has 3 nitrogen and oxygen atoms in total. The molecule has 0 aliphatic carbocycles. The average molecular weight is 233 g/mol. The second kappa shape index (κ2) is 5.92. The normalized spacial score (nSPS) is 18.9. The van der Waals surface area contributed by atoms with Crippen molar-refractivity contribution in [3.05, 3.63) is 24.3 Å². The van der Waals surface area contributed by atoms with Crippen molar-refractivity contribution in [2.75, 3.05) is 30.7 Å². The van der Waals surface area contributed by atoms with Crippen LogP contribution in [0.5, 0.6) is 0 Å². The highest BCUT2D eigenvalue weighted by atomic mass is 15.2. The molecule has 2 rings (SSSR count). The molecule has 1 unspecified atom stereocenters. The van der Waals surface area contributed by atoms with Crippen molar-refractivity contribution in [3.8, 4) is 0 Å². The lowest BCUT2D eigenvalue weighted by atomic mass is 10.1. The van der Waals surface area contributed by atoms with Gasteiger partial charge in [-0.05, 0) is 45.0 Å². The molecular weight excluding hydrogens is 210 g/mol. The fraction of sp³-hybridized carbons (Fsp3) is 0.571. The maximum atomic E-state index is 5.91. The number of nitrogens with one attached hydrogen (secondary N) is 1. The Morgan fingerprint density at radius 2 is 1.94 bits per heavy atom. The number of hydrogen-bond donors (Lipinski definition) is 2. The number of rotatable bonds is 4. The standard InChI is InChI=1S/C14H23N3/c1-12(17-9-5-2-6-10-17)11-16-14-8-4-3-7-13(14)15/h3-4,7-8,12,16H,2,5-6,9-11,15H2,1H3. The summed E-state index contributed by atoms with van der Waals surface area (Å²) in [5.74, 6) is 0. The van der Waals surface area contributed by atoms with Crippen LogP contribution in [-0.2, 0) is 0 Å². The highest BCUT2D eigenvalue weighted by Crippen LogP contribution is 2.18. The number of hydrogen-bond acceptors (Lipinski definition) is 3. The maximum absolute atomic E-state index is 5.91. The number of nitrogens with zero attached hydrogens (tertiary/aromatic N) is 1. The van der Waals surface area contributed by atoms with Crippen molar-refractivity contribution in [2.45, 2.75) is 32.2 Å². The van der Waals surface area contributed by atoms with E-state index >= 15 is 0 Å². The van der Waals surface area contributed by atoms with Crippen molar-refractivity contribution < 1.29 is 0 Å². The van der Waals surface area contributed by atoms with Crippen LogP contribution in [0.15, 0.2) is 24.3 Å². The molecule has 0 saturated carbocycles. The molecule has 1 fully saturated rings. The predicted octanol–water partition coefficient (Wildman–Crippen LogP) is 2.56. The average Bonchev–Trinajstić information content (AvgIpc) is 2.38. The van der Waals surface area contributed by atoms with Crippen LogP contribution in [0.2, 0.25) is 0 Å². The van der Waals surface area contributed by atoms with Gasteiger partial charge in [0.25, 0.3) is 0 Å². The molecule has 94 valence electrons. The molecule has 1 aliphatic rings. The number of likely N-dealkylation sites (tertiary alicyclic amines) is 1. The number of piperidine rings is 1. The van der Waals surface area contributed by atoms with E-state index in [1.807, 2.05) is 24.3 Å². The van der Waals surface area contributed by atoms with Gasteiger partial charge in [0.05, 0.1) is 11.4 Å². The van der Waals surface area contributed by atoms with E-state index in [4.69, 9.17) is 5.73 Å². The van der Waals surface area contributed by atoms with E-state index in [1.54, 1.807) is 0 Å². The number of nitrogens with two attached hydrogens (primary N) is 1. The van der Waals surface area contributed by atoms with Crippen molar-refractivity contribution in [1.29, 1.82) is 0 Å². The highest BCUT2D eigenvalue weighted by molar-refractivity contribution is 5.65. The van der Waals surface area contributed by atoms with Gasteiger partial charge < -0.3 is 11.1 Å². The molecule has 1 saturated heterocycles. The first-order chi connectivity index (χ1) is 8.27. The first-order valence-electron chi connectivity index (χ1n) is 6.60. The van der Waals surface area contributed by atoms with Crippen LogP contribution in [0.4, 0.5) is 11.4 Å². The van der Waals surface area contributed by atoms with Crippen LogP contribution in [0.25, 0.3) is 0 Å². The Morgan fingerprint density at radius 3 is 2.65 bits per heavy atom. The van der Waals surface area contributed by atoms with Gasteiger partial charge in [0.2, 0.25) is 0 Å². The summed E-state index contributed by atoms with van der Waals surface area (Å²) in [4.78, 5) is 2.57. The van der Waals surface area contributed by atoms with Crippen molar-refractivity contribution in [2.24, 2.45) is 0 Å². The summed E-state index contributed by atoms with van der Waals surface area (Å²) in [7, 11) is 0. The lowest BCUT2D eigenvalue weighted by molar-refractivity contribution is 0.180. The molecule has 17 heavy (non-hydrogen) atoms. The van der Waals surface area contributed by atoms with Crippen molar-refractivity contribution in [1.82, 2.24) is 4.90 Å². The fourth-order valence-electron chi connectivity index (χ4n) is 2.40. The Labute approximate surface area is 104 Å². The van der Waals surface area contributed by atoms with Crippen LogP contribution >= 0.6 is 0 Å². The molecule has 1 heterocycles. The highest BCUT2D eigenvalue weighted by Gasteiger charge is 2.16. The molecule has 0 amide bonds. The zero-order valence-corrected chi connectivity index (χ0v) is 10.7. The maximum Gasteiger partial charge on any atom is 0.0574 e. The molecule has 1 aliphatic heterocycles. The molecule has 0 radical (unpaired) electrons. The number of anilines is 2. The molecule has 3 N–H and O–H groups in total. The first-order valence-corrected chi connectivity index (χ1v) is 6.60. The minimum atomic E-state index is 0.579. The van der Waals surface area contributed by atoms with Crippen LogP contribution < -0.4 is 11.1 Å². The Hall–Kier alpha value is -1.22. The summed E-state index contributed by atoms with van der Waals surface area (Å²) in [6.07, 6.45) is 4.08. The quantitative estimate of drug-likeness (QED) is 0.785. The van der Waals surface area contributed by atoms with Crippen molar-refractivity contribution in [3.63, 3.8) is 0 Å². The zero-order valence-electron chi connectivity index (χ0n) is 10.7. The summed E-state index contributed by atoms with van der Waals surface area (Å²) in [6, 6.07) is 8.54. The monoisotopic (exact) mass is 233 g/mol. The second-order valence-electron chi connectivity index (χ2n) is 4.91. The van der Waals surface area contributed by atoms with Gasteiger partial charge in [-0.2, -0.15) is 0 Å². The smallest absolute Gasteiger partial charge is 0.0574 e. The molecule has 0 aromatic heterocycles. The van der Waals surface area contributed by atoms with E-state index in [1.165, 1.54) is 32.4 Å². The van der Waals surface area contributed by atoms with E-state index in [0.29, 0.717) is 6.04 Å². The van der Waals surface area contributed by atoms with E-state index in [2.05, 4.69) is 17.1 Å². The fourth-order valence-corrected chi connectivity index (χ4v) is 2.40. The van der Waals surface area contributed by atoms with Crippen LogP contribution in [0.1, 0.15) is 26.2 Å². The Balaban J connectivity index is 1.83. The Morgan fingerprint density at radius 1 is 1.24 bits per heavy atom. The van der Waals surface area contributed by atoms with E-state index in [9.17, 15) is 0 Å². The third kappa shape index (κ3) is 3.37. The molecule has 1 aromatic rings. The van der Waals surface area contributed by atoms with Gasteiger partial charge in [-0.15, -0.1) is 0 Å². The summed E-state index contributed by atoms with van der Waals surface area (Å²) < 4.78 is 0. The lowest BCUT2D eigenvalue weighted by Crippen LogP contribution is -2.41. The summed E-state index contributed by atoms with van der Waals surface area (Å²) in [5.41, 5.74) is 7.79. The third-order valence-corrected chi connectivity index (χ3v) is 3.56. The largest absolute Gasteiger partial charge is 0.397 e. The van der Waals surface area contributed by atoms with Gasteiger partial charge in [-0.25, -0.2) is 0 Å². The van der Waals surface area contributed by atoms with Gasteiger partial charge in [0.15, 0.2) is 0 Å². The molecular formula is C14H23N3. The van der Waals surface area contributed by atoms with Gasteiger partial charge in [-0.3, -0.25) is 4.90 Å². The zero-order chi connectivity index (χ0) is 12.1. The number of benzene rings is 1. The summed E-state index contributed by atoms with van der Waals surface area (Å²) >= 11 is 0. The molecule has 0 spiro atoms. The molecule has 0 bridgehead atoms. The minimum Gasteiger partial charge on any atom is -0.397 e. The van der Waals surface area contributed by atoms with Crippen LogP contribution in [0, 0.1) is 0 Å². The van der Waals surface area contributed by atoms with Gasteiger partial charge >= 0.3 is 0 Å². The van der Waals surface area contributed by atoms with E-state index in [-0.39, 0.29) is 0 Å². The van der Waals surface area contributed by atoms with Gasteiger partial charge in [-0.1, -0.05) is 18.6 Å². The Kier molecular flexibility index (Phi) is 4.26. The minimum absolute atomic E-state index is 0.579. The second-order valence-corrected chi connectivity index (χ2v) is 4.91. The van der Waals surface area contributed by atoms with E-state index < -0.39 is 0 Å². The lowest BCUT2D eigenvalue weighted by Gasteiger charge is -2.32. The molecule has 1 aromatic carbocycles. The number of nitrogen functional groups attached to an aromatic ring is 1. The van der Waals surface area contributed by atoms with Gasteiger partial charge in [0, 0.05) is 12.6 Å². The van der Waals surface area contributed by atoms with Crippen LogP contribution in [-0.4, -0.2) is 30.6 Å². The van der Waals surface area contributed by atoms with Crippen molar-refractivity contribution >= 4 is 11.4 Å². The summed E-state index contributed by atoms with van der Waals surface area (Å²) in [5, 5.41) is 3.44. The first kappa shape index (κ1) is 12.2. The SMILES string of the molecule is CC(CNc1ccccc1N)N1CCCCC1. The van der Waals surface area contributed by atoms with Gasteiger partial charge in [0.1, 0.15) is 0 Å².